The SMILES string of the molecule is CCn1cc(C(=O)O)c(=O)c2c3[nH]cc(C(=O)O)c(=O)c3cc(F)c21. The van der Waals surface area contributed by atoms with Gasteiger partial charge in [0.25, 0.3) is 0 Å². The maximum atomic E-state index is 14.6. The van der Waals surface area contributed by atoms with Crippen molar-refractivity contribution in [1.29, 1.82) is 0 Å². The Hall–Kier alpha value is -3.49. The lowest BCUT2D eigenvalue weighted by molar-refractivity contribution is 0.0684. The van der Waals surface area contributed by atoms with Crippen molar-refractivity contribution in [2.75, 3.05) is 0 Å². The summed E-state index contributed by atoms with van der Waals surface area (Å²) in [6.07, 6.45) is 1.93. The lowest BCUT2D eigenvalue weighted by atomic mass is 10.0. The van der Waals surface area contributed by atoms with Gasteiger partial charge in [-0.15, -0.1) is 0 Å². The van der Waals surface area contributed by atoms with Crippen LogP contribution in [0.3, 0.4) is 0 Å². The summed E-state index contributed by atoms with van der Waals surface area (Å²) in [4.78, 5) is 49.7. The van der Waals surface area contributed by atoms with Gasteiger partial charge >= 0.3 is 11.9 Å². The van der Waals surface area contributed by atoms with Gasteiger partial charge in [0, 0.05) is 18.9 Å². The minimum atomic E-state index is -1.51. The molecule has 9 heteroatoms. The van der Waals surface area contributed by atoms with Crippen molar-refractivity contribution in [3.63, 3.8) is 0 Å². The molecule has 0 spiro atoms. The molecule has 0 aliphatic rings. The number of rotatable bonds is 3. The molecule has 0 fully saturated rings. The van der Waals surface area contributed by atoms with E-state index in [2.05, 4.69) is 4.98 Å². The number of nitrogens with zero attached hydrogens (tertiary/aromatic N) is 1. The number of aromatic amines is 1. The molecule has 3 rings (SSSR count). The minimum Gasteiger partial charge on any atom is -0.477 e. The number of aryl methyl sites for hydroxylation is 1. The number of carboxylic acid groups (broad SMARTS) is 2. The van der Waals surface area contributed by atoms with Crippen LogP contribution in [-0.2, 0) is 6.54 Å². The van der Waals surface area contributed by atoms with Crippen LogP contribution < -0.4 is 10.9 Å². The van der Waals surface area contributed by atoms with Gasteiger partial charge in [-0.25, -0.2) is 14.0 Å². The van der Waals surface area contributed by atoms with E-state index in [1.807, 2.05) is 0 Å². The molecule has 0 saturated carbocycles. The lowest BCUT2D eigenvalue weighted by Gasteiger charge is -2.13. The Morgan fingerprint density at radius 2 is 1.80 bits per heavy atom. The van der Waals surface area contributed by atoms with Crippen LogP contribution in [0.15, 0.2) is 28.0 Å². The van der Waals surface area contributed by atoms with Crippen LogP contribution in [0.5, 0.6) is 0 Å². The minimum absolute atomic E-state index is 0.110. The van der Waals surface area contributed by atoms with Gasteiger partial charge in [0.15, 0.2) is 0 Å². The highest BCUT2D eigenvalue weighted by atomic mass is 19.1. The second-order valence-electron chi connectivity index (χ2n) is 5.30. The van der Waals surface area contributed by atoms with Gasteiger partial charge in [-0.3, -0.25) is 9.59 Å². The van der Waals surface area contributed by atoms with Crippen molar-refractivity contribution in [3.05, 3.63) is 55.9 Å². The summed E-state index contributed by atoms with van der Waals surface area (Å²) in [6.45, 7) is 1.81. The van der Waals surface area contributed by atoms with Crippen LogP contribution >= 0.6 is 0 Å². The number of carboxylic acids is 2. The summed E-state index contributed by atoms with van der Waals surface area (Å²) in [5.74, 6) is -3.92. The van der Waals surface area contributed by atoms with Gasteiger partial charge in [0.1, 0.15) is 16.9 Å². The monoisotopic (exact) mass is 346 g/mol. The molecule has 25 heavy (non-hydrogen) atoms. The van der Waals surface area contributed by atoms with Gasteiger partial charge in [0.05, 0.1) is 21.8 Å². The highest BCUT2D eigenvalue weighted by molar-refractivity contribution is 6.07. The molecule has 0 unspecified atom stereocenters. The van der Waals surface area contributed by atoms with E-state index in [-0.39, 0.29) is 28.4 Å². The maximum absolute atomic E-state index is 14.6. The van der Waals surface area contributed by atoms with E-state index in [1.54, 1.807) is 6.92 Å². The molecule has 2 aromatic heterocycles. The largest absolute Gasteiger partial charge is 0.477 e. The van der Waals surface area contributed by atoms with Crippen LogP contribution in [0.1, 0.15) is 27.6 Å². The van der Waals surface area contributed by atoms with Crippen molar-refractivity contribution in [2.24, 2.45) is 0 Å². The van der Waals surface area contributed by atoms with Gasteiger partial charge in [-0.05, 0) is 13.0 Å². The van der Waals surface area contributed by atoms with E-state index in [9.17, 15) is 28.7 Å². The average Bonchev–Trinajstić information content (AvgIpc) is 2.55. The number of carbonyl (C=O) groups is 2. The van der Waals surface area contributed by atoms with E-state index in [4.69, 9.17) is 5.11 Å². The second-order valence-corrected chi connectivity index (χ2v) is 5.30. The molecule has 0 aliphatic carbocycles. The number of aromatic nitrogens is 2. The Labute approximate surface area is 137 Å². The van der Waals surface area contributed by atoms with Crippen LogP contribution in [0, 0.1) is 5.82 Å². The van der Waals surface area contributed by atoms with E-state index in [0.29, 0.717) is 0 Å². The predicted molar refractivity (Wildman–Crippen MR) is 85.9 cm³/mol. The fourth-order valence-electron chi connectivity index (χ4n) is 2.80. The maximum Gasteiger partial charge on any atom is 0.341 e. The number of fused-ring (bicyclic) bond motifs is 3. The van der Waals surface area contributed by atoms with E-state index < -0.39 is 39.7 Å². The van der Waals surface area contributed by atoms with Crippen molar-refractivity contribution in [2.45, 2.75) is 13.5 Å². The first-order valence-electron chi connectivity index (χ1n) is 7.15. The Morgan fingerprint density at radius 3 is 2.36 bits per heavy atom. The third-order valence-corrected chi connectivity index (χ3v) is 3.95. The average molecular weight is 346 g/mol. The van der Waals surface area contributed by atoms with E-state index >= 15 is 0 Å². The Bertz CT molecular complexity index is 1190. The zero-order chi connectivity index (χ0) is 18.5. The summed E-state index contributed by atoms with van der Waals surface area (Å²) in [5.41, 5.74) is -3.40. The molecule has 2 heterocycles. The molecule has 0 amide bonds. The highest BCUT2D eigenvalue weighted by Crippen LogP contribution is 2.23. The number of pyridine rings is 2. The zero-order valence-corrected chi connectivity index (χ0v) is 12.8. The van der Waals surface area contributed by atoms with Gasteiger partial charge < -0.3 is 19.8 Å². The summed E-state index contributed by atoms with van der Waals surface area (Å²) in [6, 6.07) is 0.842. The molecule has 0 radical (unpaired) electrons. The van der Waals surface area contributed by atoms with Crippen molar-refractivity contribution < 1.29 is 24.2 Å². The molecule has 0 saturated heterocycles. The quantitative estimate of drug-likeness (QED) is 0.615. The molecular weight excluding hydrogens is 335 g/mol. The Morgan fingerprint density at radius 1 is 1.16 bits per heavy atom. The topological polar surface area (TPSA) is 129 Å². The number of hydrogen-bond donors (Lipinski definition) is 3. The Balaban J connectivity index is 2.68. The first-order chi connectivity index (χ1) is 11.8. The number of hydrogen-bond acceptors (Lipinski definition) is 4. The number of H-pyrrole nitrogens is 1. The third kappa shape index (κ3) is 2.28. The molecule has 8 nitrogen and oxygen atoms in total. The summed E-state index contributed by atoms with van der Waals surface area (Å²) < 4.78 is 15.8. The van der Waals surface area contributed by atoms with Gasteiger partial charge in [-0.2, -0.15) is 0 Å². The van der Waals surface area contributed by atoms with Crippen molar-refractivity contribution in [3.8, 4) is 0 Å². The number of halogens is 1. The van der Waals surface area contributed by atoms with Crippen molar-refractivity contribution in [1.82, 2.24) is 9.55 Å². The summed E-state index contributed by atoms with van der Waals surface area (Å²) >= 11 is 0. The predicted octanol–water partition coefficient (Wildman–Crippen LogP) is 1.40. The molecule has 128 valence electrons. The van der Waals surface area contributed by atoms with Crippen LogP contribution in [0.4, 0.5) is 4.39 Å². The van der Waals surface area contributed by atoms with Crippen LogP contribution in [0.2, 0.25) is 0 Å². The lowest BCUT2D eigenvalue weighted by Crippen LogP contribution is -2.22. The normalized spacial score (nSPS) is 11.1. The number of benzene rings is 1. The summed E-state index contributed by atoms with van der Waals surface area (Å²) in [7, 11) is 0. The molecule has 3 N–H and O–H groups in total. The van der Waals surface area contributed by atoms with Crippen LogP contribution in [-0.4, -0.2) is 31.7 Å². The molecule has 1 aromatic carbocycles. The molecule has 0 bridgehead atoms. The van der Waals surface area contributed by atoms with E-state index in [1.165, 1.54) is 4.57 Å². The standard InChI is InChI=1S/C16H11FN2O6/c1-2-19-5-8(16(24)25)14(21)10-11-6(3-9(17)12(10)19)13(20)7(4-18-11)15(22)23/h3-5H,2H2,1H3,(H,18,20)(H,22,23)(H,24,25). The summed E-state index contributed by atoms with van der Waals surface area (Å²) in [5, 5.41) is 17.6. The van der Waals surface area contributed by atoms with E-state index in [0.717, 1.165) is 18.5 Å². The molecular formula is C16H11FN2O6. The molecule has 0 aliphatic heterocycles. The van der Waals surface area contributed by atoms with Gasteiger partial charge in [0.2, 0.25) is 10.9 Å². The smallest absolute Gasteiger partial charge is 0.341 e. The van der Waals surface area contributed by atoms with Gasteiger partial charge in [-0.1, -0.05) is 0 Å². The number of nitrogens with one attached hydrogen (secondary N) is 1. The molecule has 0 atom stereocenters. The Kier molecular flexibility index (Phi) is 3.63. The number of aromatic carboxylic acids is 2. The van der Waals surface area contributed by atoms with Crippen molar-refractivity contribution >= 4 is 33.7 Å². The molecule has 3 aromatic rings. The first kappa shape index (κ1) is 16.4. The fraction of sp³-hybridized carbons (Fsp3) is 0.125. The fourth-order valence-corrected chi connectivity index (χ4v) is 2.80. The highest BCUT2D eigenvalue weighted by Gasteiger charge is 2.22. The van der Waals surface area contributed by atoms with Crippen LogP contribution in [0.25, 0.3) is 21.8 Å². The second kappa shape index (κ2) is 5.55. The zero-order valence-electron chi connectivity index (χ0n) is 12.8. The first-order valence-corrected chi connectivity index (χ1v) is 7.15. The third-order valence-electron chi connectivity index (χ3n) is 3.95.